The largest absolute Gasteiger partial charge is 0.352 e. The summed E-state index contributed by atoms with van der Waals surface area (Å²) in [4.78, 5) is 7.22. The number of hydrogen-bond acceptors (Lipinski definition) is 3. The molecule has 0 aliphatic carbocycles. The Labute approximate surface area is 120 Å². The highest BCUT2D eigenvalue weighted by molar-refractivity contribution is 5.80. The van der Waals surface area contributed by atoms with Crippen molar-refractivity contribution >= 4 is 16.7 Å². The fourth-order valence-corrected chi connectivity index (χ4v) is 3.25. The van der Waals surface area contributed by atoms with E-state index in [2.05, 4.69) is 42.2 Å². The van der Waals surface area contributed by atoms with Crippen molar-refractivity contribution in [3.63, 3.8) is 0 Å². The summed E-state index contributed by atoms with van der Waals surface area (Å²) in [7, 11) is 0. The lowest BCUT2D eigenvalue weighted by Crippen LogP contribution is -2.47. The lowest BCUT2D eigenvalue weighted by atomic mass is 9.89. The van der Waals surface area contributed by atoms with Gasteiger partial charge in [0, 0.05) is 24.5 Å². The molecule has 2 heterocycles. The van der Waals surface area contributed by atoms with Gasteiger partial charge >= 0.3 is 0 Å². The lowest BCUT2D eigenvalue weighted by Gasteiger charge is -2.39. The molecule has 3 rings (SSSR count). The van der Waals surface area contributed by atoms with Crippen molar-refractivity contribution in [1.29, 1.82) is 0 Å². The first-order valence-corrected chi connectivity index (χ1v) is 7.64. The zero-order valence-electron chi connectivity index (χ0n) is 12.1. The molecule has 3 nitrogen and oxygen atoms in total. The Bertz CT molecular complexity index is 581. The number of para-hydroxylation sites is 1. The maximum atomic E-state index is 5.99. The predicted molar refractivity (Wildman–Crippen MR) is 84.9 cm³/mol. The van der Waals surface area contributed by atoms with Crippen LogP contribution in [0.5, 0.6) is 0 Å². The first kappa shape index (κ1) is 13.4. The molecule has 1 aromatic carbocycles. The SMILES string of the molecule is CCC1CCN(c2ccc3ccccc3n2)C(CN)C1. The Morgan fingerprint density at radius 1 is 1.25 bits per heavy atom. The fourth-order valence-electron chi connectivity index (χ4n) is 3.25. The van der Waals surface area contributed by atoms with Crippen molar-refractivity contribution in [3.05, 3.63) is 36.4 Å². The standard InChI is InChI=1S/C17H23N3/c1-2-13-9-10-20(15(11-13)12-18)17-8-7-14-5-3-4-6-16(14)19-17/h3-8,13,15H,2,9-12,18H2,1H3. The third-order valence-corrected chi connectivity index (χ3v) is 4.55. The number of benzene rings is 1. The highest BCUT2D eigenvalue weighted by Crippen LogP contribution is 2.29. The van der Waals surface area contributed by atoms with Gasteiger partial charge in [-0.2, -0.15) is 0 Å². The van der Waals surface area contributed by atoms with Crippen LogP contribution in [0.2, 0.25) is 0 Å². The first-order valence-electron chi connectivity index (χ1n) is 7.64. The van der Waals surface area contributed by atoms with Gasteiger partial charge in [-0.3, -0.25) is 0 Å². The first-order chi connectivity index (χ1) is 9.81. The minimum absolute atomic E-state index is 0.433. The Kier molecular flexibility index (Phi) is 3.88. The summed E-state index contributed by atoms with van der Waals surface area (Å²) in [5.41, 5.74) is 7.06. The molecular weight excluding hydrogens is 246 g/mol. The number of nitrogens with two attached hydrogens (primary N) is 1. The van der Waals surface area contributed by atoms with Crippen LogP contribution < -0.4 is 10.6 Å². The van der Waals surface area contributed by atoms with E-state index < -0.39 is 0 Å². The molecule has 1 aromatic heterocycles. The summed E-state index contributed by atoms with van der Waals surface area (Å²) in [5, 5.41) is 1.20. The van der Waals surface area contributed by atoms with Crippen molar-refractivity contribution in [1.82, 2.24) is 4.98 Å². The Morgan fingerprint density at radius 2 is 2.10 bits per heavy atom. The quantitative estimate of drug-likeness (QED) is 0.930. The van der Waals surface area contributed by atoms with Gasteiger partial charge in [-0.1, -0.05) is 31.5 Å². The molecule has 0 radical (unpaired) electrons. The molecule has 2 atom stereocenters. The number of hydrogen-bond donors (Lipinski definition) is 1. The molecule has 2 N–H and O–H groups in total. The van der Waals surface area contributed by atoms with Crippen LogP contribution >= 0.6 is 0 Å². The number of pyridine rings is 1. The summed E-state index contributed by atoms with van der Waals surface area (Å²) in [6.45, 7) is 4.07. The zero-order chi connectivity index (χ0) is 13.9. The third-order valence-electron chi connectivity index (χ3n) is 4.55. The van der Waals surface area contributed by atoms with E-state index in [1.54, 1.807) is 0 Å². The number of aromatic nitrogens is 1. The molecule has 0 saturated carbocycles. The van der Waals surface area contributed by atoms with Crippen molar-refractivity contribution < 1.29 is 0 Å². The average Bonchev–Trinajstić information content (AvgIpc) is 2.53. The molecule has 20 heavy (non-hydrogen) atoms. The maximum Gasteiger partial charge on any atom is 0.129 e. The minimum Gasteiger partial charge on any atom is -0.352 e. The van der Waals surface area contributed by atoms with E-state index in [0.29, 0.717) is 12.6 Å². The molecule has 0 spiro atoms. The average molecular weight is 269 g/mol. The zero-order valence-corrected chi connectivity index (χ0v) is 12.1. The van der Waals surface area contributed by atoms with E-state index in [9.17, 15) is 0 Å². The molecular formula is C17H23N3. The number of piperidine rings is 1. The van der Waals surface area contributed by atoms with Gasteiger partial charge in [-0.15, -0.1) is 0 Å². The monoisotopic (exact) mass is 269 g/mol. The molecule has 1 aliphatic rings. The van der Waals surface area contributed by atoms with Crippen molar-refractivity contribution in [2.24, 2.45) is 11.7 Å². The number of anilines is 1. The van der Waals surface area contributed by atoms with Gasteiger partial charge in [0.05, 0.1) is 5.52 Å². The van der Waals surface area contributed by atoms with Crippen molar-refractivity contribution in [3.8, 4) is 0 Å². The van der Waals surface area contributed by atoms with Crippen LogP contribution in [0.4, 0.5) is 5.82 Å². The fraction of sp³-hybridized carbons (Fsp3) is 0.471. The lowest BCUT2D eigenvalue weighted by molar-refractivity contribution is 0.334. The van der Waals surface area contributed by atoms with Gasteiger partial charge in [-0.05, 0) is 37.0 Å². The highest BCUT2D eigenvalue weighted by atomic mass is 15.2. The van der Waals surface area contributed by atoms with E-state index in [1.165, 1.54) is 24.6 Å². The second-order valence-corrected chi connectivity index (χ2v) is 5.74. The van der Waals surface area contributed by atoms with E-state index >= 15 is 0 Å². The summed E-state index contributed by atoms with van der Waals surface area (Å²) in [6, 6.07) is 13.0. The van der Waals surface area contributed by atoms with Crippen LogP contribution in [0.1, 0.15) is 26.2 Å². The van der Waals surface area contributed by atoms with Gasteiger partial charge in [0.1, 0.15) is 5.82 Å². The normalized spacial score (nSPS) is 23.2. The molecule has 1 saturated heterocycles. The molecule has 0 bridgehead atoms. The molecule has 2 unspecified atom stereocenters. The minimum atomic E-state index is 0.433. The third kappa shape index (κ3) is 2.50. The van der Waals surface area contributed by atoms with Crippen molar-refractivity contribution in [2.45, 2.75) is 32.2 Å². The number of nitrogens with zero attached hydrogens (tertiary/aromatic N) is 2. The molecule has 1 fully saturated rings. The van der Waals surface area contributed by atoms with Crippen LogP contribution in [0, 0.1) is 5.92 Å². The molecule has 0 amide bonds. The Hall–Kier alpha value is -1.61. The van der Waals surface area contributed by atoms with Gasteiger partial charge in [-0.25, -0.2) is 4.98 Å². The summed E-state index contributed by atoms with van der Waals surface area (Å²) < 4.78 is 0. The van der Waals surface area contributed by atoms with Crippen LogP contribution in [-0.4, -0.2) is 24.1 Å². The predicted octanol–water partition coefficient (Wildman–Crippen LogP) is 3.19. The van der Waals surface area contributed by atoms with Crippen molar-refractivity contribution in [2.75, 3.05) is 18.0 Å². The Balaban J connectivity index is 1.89. The van der Waals surface area contributed by atoms with E-state index in [-0.39, 0.29) is 0 Å². The molecule has 2 aromatic rings. The van der Waals surface area contributed by atoms with E-state index in [4.69, 9.17) is 10.7 Å². The highest BCUT2D eigenvalue weighted by Gasteiger charge is 2.27. The summed E-state index contributed by atoms with van der Waals surface area (Å²) in [5.74, 6) is 1.90. The van der Waals surface area contributed by atoms with Gasteiger partial charge in [0.25, 0.3) is 0 Å². The molecule has 1 aliphatic heterocycles. The second kappa shape index (κ2) is 5.80. The number of fused-ring (bicyclic) bond motifs is 1. The second-order valence-electron chi connectivity index (χ2n) is 5.74. The van der Waals surface area contributed by atoms with Crippen LogP contribution in [0.3, 0.4) is 0 Å². The van der Waals surface area contributed by atoms with E-state index in [0.717, 1.165) is 23.8 Å². The molecule has 106 valence electrons. The van der Waals surface area contributed by atoms with Gasteiger partial charge in [0.15, 0.2) is 0 Å². The van der Waals surface area contributed by atoms with Crippen LogP contribution in [0.25, 0.3) is 10.9 Å². The van der Waals surface area contributed by atoms with Crippen LogP contribution in [-0.2, 0) is 0 Å². The number of rotatable bonds is 3. The topological polar surface area (TPSA) is 42.2 Å². The summed E-state index contributed by atoms with van der Waals surface area (Å²) >= 11 is 0. The molecule has 3 heteroatoms. The van der Waals surface area contributed by atoms with Crippen LogP contribution in [0.15, 0.2) is 36.4 Å². The smallest absolute Gasteiger partial charge is 0.129 e. The summed E-state index contributed by atoms with van der Waals surface area (Å²) in [6.07, 6.45) is 3.71. The van der Waals surface area contributed by atoms with Gasteiger partial charge < -0.3 is 10.6 Å². The maximum absolute atomic E-state index is 5.99. The van der Waals surface area contributed by atoms with Gasteiger partial charge in [0.2, 0.25) is 0 Å². The Morgan fingerprint density at radius 3 is 2.90 bits per heavy atom. The van der Waals surface area contributed by atoms with E-state index in [1.807, 2.05) is 6.07 Å².